The van der Waals surface area contributed by atoms with Crippen molar-refractivity contribution < 1.29 is 36.3 Å². The molecule has 0 amide bonds. The Labute approximate surface area is 276 Å². The molecule has 250 valence electrons. The number of esters is 2. The maximum absolute atomic E-state index is 14.7. The number of rotatable bonds is 9. The molecule has 1 aliphatic carbocycles. The first-order chi connectivity index (χ1) is 21.7. The summed E-state index contributed by atoms with van der Waals surface area (Å²) in [7, 11) is -3.61. The van der Waals surface area contributed by atoms with E-state index in [4.69, 9.17) is 21.1 Å². The lowest BCUT2D eigenvalue weighted by Gasteiger charge is -2.41. The van der Waals surface area contributed by atoms with Crippen LogP contribution in [0.4, 0.5) is 8.78 Å². The van der Waals surface area contributed by atoms with E-state index in [1.807, 2.05) is 0 Å². The van der Waals surface area contributed by atoms with Gasteiger partial charge in [0.15, 0.2) is 22.5 Å². The van der Waals surface area contributed by atoms with Crippen molar-refractivity contribution in [2.75, 3.05) is 19.7 Å². The van der Waals surface area contributed by atoms with Crippen LogP contribution in [0.1, 0.15) is 76.4 Å². The number of allylic oxidation sites excluding steroid dienone is 1. The molecule has 1 saturated heterocycles. The molecular formula is C31H37ClF2N4O6S2. The Bertz CT molecular complexity index is 1650. The zero-order chi connectivity index (χ0) is 33.4. The number of aliphatic imine (C=N–C) groups is 1. The molecule has 1 N–H and O–H groups in total. The molecule has 15 heteroatoms. The summed E-state index contributed by atoms with van der Waals surface area (Å²) in [5.41, 5.74) is 0.0476. The SMILES string of the molecule is CCOC(=O)C1=C(C2CCN(S(=O)(=O)C3CC(CC(=O)OC(C)(C)C)C3)CC2)NC(c2nccs2)=NC1c1ccc(F)c(F)c1Cl. The Morgan fingerprint density at radius 3 is 2.48 bits per heavy atom. The molecule has 2 aromatic rings. The molecule has 1 aromatic heterocycles. The van der Waals surface area contributed by atoms with Crippen molar-refractivity contribution in [2.24, 2.45) is 16.8 Å². The lowest BCUT2D eigenvalue weighted by molar-refractivity contribution is -0.156. The predicted octanol–water partition coefficient (Wildman–Crippen LogP) is 5.54. The highest BCUT2D eigenvalue weighted by molar-refractivity contribution is 7.89. The minimum Gasteiger partial charge on any atom is -0.463 e. The molecule has 2 fully saturated rings. The van der Waals surface area contributed by atoms with E-state index in [9.17, 15) is 26.8 Å². The zero-order valence-corrected chi connectivity index (χ0v) is 28.4. The van der Waals surface area contributed by atoms with Crippen LogP contribution >= 0.6 is 22.9 Å². The van der Waals surface area contributed by atoms with Gasteiger partial charge < -0.3 is 14.8 Å². The molecule has 5 rings (SSSR count). The van der Waals surface area contributed by atoms with E-state index in [0.717, 1.165) is 6.07 Å². The van der Waals surface area contributed by atoms with Crippen LogP contribution in [0.25, 0.3) is 0 Å². The van der Waals surface area contributed by atoms with Gasteiger partial charge in [-0.05, 0) is 65.4 Å². The topological polar surface area (TPSA) is 127 Å². The number of carbonyl (C=O) groups is 2. The third-order valence-corrected chi connectivity index (χ3v) is 11.8. The van der Waals surface area contributed by atoms with Gasteiger partial charge in [-0.3, -0.25) is 9.79 Å². The average Bonchev–Trinajstić information content (AvgIpc) is 3.51. The number of hydrogen-bond donors (Lipinski definition) is 1. The summed E-state index contributed by atoms with van der Waals surface area (Å²) < 4.78 is 68.0. The van der Waals surface area contributed by atoms with Crippen molar-refractivity contribution in [3.05, 3.63) is 62.2 Å². The third-order valence-electron chi connectivity index (χ3n) is 8.28. The van der Waals surface area contributed by atoms with Crippen molar-refractivity contribution in [3.63, 3.8) is 0 Å². The van der Waals surface area contributed by atoms with Crippen molar-refractivity contribution in [3.8, 4) is 0 Å². The maximum atomic E-state index is 14.7. The number of sulfonamides is 1. The molecule has 3 heterocycles. The Morgan fingerprint density at radius 1 is 1.17 bits per heavy atom. The first kappa shape index (κ1) is 34.4. The fourth-order valence-electron chi connectivity index (χ4n) is 6.06. The molecule has 3 aliphatic rings. The summed E-state index contributed by atoms with van der Waals surface area (Å²) in [5.74, 6) is -3.45. The van der Waals surface area contributed by atoms with Crippen LogP contribution in [-0.2, 0) is 29.1 Å². The second-order valence-corrected chi connectivity index (χ2v) is 16.1. The lowest BCUT2D eigenvalue weighted by atomic mass is 9.82. The summed E-state index contributed by atoms with van der Waals surface area (Å²) in [4.78, 5) is 34.7. The molecule has 1 aromatic carbocycles. The maximum Gasteiger partial charge on any atom is 0.338 e. The van der Waals surface area contributed by atoms with Gasteiger partial charge in [-0.15, -0.1) is 11.3 Å². The highest BCUT2D eigenvalue weighted by atomic mass is 35.5. The van der Waals surface area contributed by atoms with Crippen molar-refractivity contribution in [2.45, 2.75) is 76.7 Å². The number of piperidine rings is 1. The van der Waals surface area contributed by atoms with Crippen molar-refractivity contribution >= 4 is 50.7 Å². The molecule has 0 bridgehead atoms. The summed E-state index contributed by atoms with van der Waals surface area (Å²) in [6.07, 6.45) is 3.32. The van der Waals surface area contributed by atoms with Gasteiger partial charge in [0.2, 0.25) is 10.0 Å². The van der Waals surface area contributed by atoms with Gasteiger partial charge in [0.25, 0.3) is 0 Å². The number of nitrogens with one attached hydrogen (secondary N) is 1. The molecule has 2 aliphatic heterocycles. The molecule has 0 spiro atoms. The highest BCUT2D eigenvalue weighted by Gasteiger charge is 2.45. The van der Waals surface area contributed by atoms with E-state index >= 15 is 0 Å². The van der Waals surface area contributed by atoms with Crippen LogP contribution in [0.15, 0.2) is 40.0 Å². The molecule has 10 nitrogen and oxygen atoms in total. The summed E-state index contributed by atoms with van der Waals surface area (Å²) in [5, 5.41) is 4.45. The number of nitrogens with zero attached hydrogens (tertiary/aromatic N) is 3. The molecule has 46 heavy (non-hydrogen) atoms. The van der Waals surface area contributed by atoms with Crippen LogP contribution in [-0.4, -0.2) is 66.0 Å². The van der Waals surface area contributed by atoms with E-state index < -0.39 is 49.5 Å². The molecule has 1 saturated carbocycles. The van der Waals surface area contributed by atoms with Crippen LogP contribution < -0.4 is 5.32 Å². The molecular weight excluding hydrogens is 662 g/mol. The monoisotopic (exact) mass is 698 g/mol. The quantitative estimate of drug-likeness (QED) is 0.268. The van der Waals surface area contributed by atoms with Gasteiger partial charge in [-0.25, -0.2) is 31.3 Å². The molecule has 1 atom stereocenters. The fourth-order valence-corrected chi connectivity index (χ4v) is 9.08. The van der Waals surface area contributed by atoms with Crippen molar-refractivity contribution in [1.82, 2.24) is 14.6 Å². The first-order valence-corrected chi connectivity index (χ1v) is 18.0. The van der Waals surface area contributed by atoms with Gasteiger partial charge >= 0.3 is 11.9 Å². The van der Waals surface area contributed by atoms with Gasteiger partial charge in [0, 0.05) is 48.3 Å². The number of ether oxygens (including phenoxy) is 2. The Hall–Kier alpha value is -2.94. The third kappa shape index (κ3) is 7.29. The van der Waals surface area contributed by atoms with Gasteiger partial charge in [0.05, 0.1) is 22.5 Å². The smallest absolute Gasteiger partial charge is 0.338 e. The molecule has 0 radical (unpaired) electrons. The van der Waals surface area contributed by atoms with E-state index in [0.29, 0.717) is 42.2 Å². The van der Waals surface area contributed by atoms with E-state index in [1.165, 1.54) is 21.7 Å². The van der Waals surface area contributed by atoms with Gasteiger partial charge in [0.1, 0.15) is 11.6 Å². The average molecular weight is 699 g/mol. The Balaban J connectivity index is 1.37. The van der Waals surface area contributed by atoms with Crippen molar-refractivity contribution in [1.29, 1.82) is 0 Å². The van der Waals surface area contributed by atoms with Crippen LogP contribution in [0, 0.1) is 23.5 Å². The standard InChI is InChI=1S/C31H37ClF2N4O6S2/c1-5-43-30(40)23-26(36-28(29-35-10-13-45-29)37-27(23)20-6-7-21(33)25(34)24(20)32)18-8-11-38(12-9-18)46(41,42)19-14-17(15-19)16-22(39)44-31(2,3)4/h6-7,10,13,17-19,27H,5,8-9,11-12,14-16H2,1-4H3,(H,36,37). The number of halogens is 3. The summed E-state index contributed by atoms with van der Waals surface area (Å²) in [6, 6.07) is 1.09. The normalized spacial score (nSPS) is 22.9. The Morgan fingerprint density at radius 2 is 1.87 bits per heavy atom. The number of thiazole rings is 1. The van der Waals surface area contributed by atoms with Gasteiger partial charge in [-0.1, -0.05) is 17.7 Å². The van der Waals surface area contributed by atoms with Crippen LogP contribution in [0.3, 0.4) is 0 Å². The van der Waals surface area contributed by atoms with Crippen LogP contribution in [0.5, 0.6) is 0 Å². The number of amidine groups is 1. The predicted molar refractivity (Wildman–Crippen MR) is 170 cm³/mol. The van der Waals surface area contributed by atoms with E-state index in [1.54, 1.807) is 39.3 Å². The fraction of sp³-hybridized carbons (Fsp3) is 0.548. The van der Waals surface area contributed by atoms with E-state index in [-0.39, 0.29) is 55.1 Å². The lowest BCUT2D eigenvalue weighted by Crippen LogP contribution is -2.49. The van der Waals surface area contributed by atoms with Gasteiger partial charge in [-0.2, -0.15) is 0 Å². The number of aromatic nitrogens is 1. The minimum absolute atomic E-state index is 0.0421. The Kier molecular flexibility index (Phi) is 10.2. The number of benzene rings is 1. The highest BCUT2D eigenvalue weighted by Crippen LogP contribution is 2.42. The summed E-state index contributed by atoms with van der Waals surface area (Å²) in [6.45, 7) is 7.51. The zero-order valence-electron chi connectivity index (χ0n) is 26.0. The van der Waals surface area contributed by atoms with Crippen LogP contribution in [0.2, 0.25) is 5.02 Å². The molecule has 1 unspecified atom stereocenters. The summed E-state index contributed by atoms with van der Waals surface area (Å²) >= 11 is 7.58. The number of hydrogen-bond acceptors (Lipinski definition) is 10. The van der Waals surface area contributed by atoms with E-state index in [2.05, 4.69) is 15.3 Å². The largest absolute Gasteiger partial charge is 0.463 e. The second-order valence-electron chi connectivity index (χ2n) is 12.6. The second kappa shape index (κ2) is 13.7. The number of carbonyl (C=O) groups excluding carboxylic acids is 2. The first-order valence-electron chi connectivity index (χ1n) is 15.2. The minimum atomic E-state index is -3.61.